The van der Waals surface area contributed by atoms with E-state index in [2.05, 4.69) is 40.0 Å². The van der Waals surface area contributed by atoms with E-state index in [1.54, 1.807) is 12.1 Å². The molecule has 0 aromatic heterocycles. The molecule has 0 saturated carbocycles. The topological polar surface area (TPSA) is 67.6 Å². The molecule has 1 saturated heterocycles. The van der Waals surface area contributed by atoms with Crippen molar-refractivity contribution in [2.24, 2.45) is 0 Å². The number of carbonyl (C=O) groups is 1. The van der Waals surface area contributed by atoms with Gasteiger partial charge in [-0.3, -0.25) is 9.69 Å². The third-order valence-electron chi connectivity index (χ3n) is 3.81. The lowest BCUT2D eigenvalue weighted by molar-refractivity contribution is -0.00923. The molecule has 0 bridgehead atoms. The van der Waals surface area contributed by atoms with E-state index in [4.69, 9.17) is 10.5 Å². The van der Waals surface area contributed by atoms with Crippen LogP contribution in [0.1, 0.15) is 24.2 Å². The molecular formula is C15H22BrN3O2. The maximum Gasteiger partial charge on any atom is 0.253 e. The van der Waals surface area contributed by atoms with Gasteiger partial charge in [0.2, 0.25) is 0 Å². The standard InChI is InChI=1S/C15H22BrN3O2/c1-15(2,19-5-7-21-8-6-19)10-18-14(20)12-4-3-11(16)9-13(12)17/h3-4,9H,5-8,10,17H2,1-2H3,(H,18,20). The van der Waals surface area contributed by atoms with Gasteiger partial charge in [0.15, 0.2) is 0 Å². The van der Waals surface area contributed by atoms with Crippen LogP contribution in [0, 0.1) is 0 Å². The minimum atomic E-state index is -0.138. The Morgan fingerprint density at radius 1 is 1.43 bits per heavy atom. The van der Waals surface area contributed by atoms with Crippen LogP contribution in [0.4, 0.5) is 5.69 Å². The van der Waals surface area contributed by atoms with Crippen molar-refractivity contribution in [2.45, 2.75) is 19.4 Å². The maximum atomic E-state index is 12.3. The number of halogens is 1. The summed E-state index contributed by atoms with van der Waals surface area (Å²) in [6.07, 6.45) is 0. The number of morpholine rings is 1. The SMILES string of the molecule is CC(C)(CNC(=O)c1ccc(Br)cc1N)N1CCOCC1. The van der Waals surface area contributed by atoms with Gasteiger partial charge in [-0.2, -0.15) is 0 Å². The van der Waals surface area contributed by atoms with Crippen molar-refractivity contribution in [2.75, 3.05) is 38.6 Å². The molecule has 1 aromatic rings. The number of hydrogen-bond donors (Lipinski definition) is 2. The molecule has 116 valence electrons. The van der Waals surface area contributed by atoms with Crippen LogP contribution in [0.25, 0.3) is 0 Å². The summed E-state index contributed by atoms with van der Waals surface area (Å²) in [7, 11) is 0. The van der Waals surface area contributed by atoms with Gasteiger partial charge in [-0.25, -0.2) is 0 Å². The second-order valence-electron chi connectivity index (χ2n) is 5.83. The van der Waals surface area contributed by atoms with Gasteiger partial charge in [-0.15, -0.1) is 0 Å². The van der Waals surface area contributed by atoms with Crippen molar-refractivity contribution in [1.82, 2.24) is 10.2 Å². The van der Waals surface area contributed by atoms with Crippen LogP contribution in [0.3, 0.4) is 0 Å². The van der Waals surface area contributed by atoms with Crippen LogP contribution in [-0.4, -0.2) is 49.2 Å². The van der Waals surface area contributed by atoms with E-state index in [1.165, 1.54) is 0 Å². The number of anilines is 1. The molecule has 3 N–H and O–H groups in total. The Bertz CT molecular complexity index is 514. The number of benzene rings is 1. The van der Waals surface area contributed by atoms with Gasteiger partial charge >= 0.3 is 0 Å². The lowest BCUT2D eigenvalue weighted by atomic mass is 10.0. The Labute approximate surface area is 134 Å². The molecule has 5 nitrogen and oxygen atoms in total. The number of nitrogens with zero attached hydrogens (tertiary/aromatic N) is 1. The van der Waals surface area contributed by atoms with Crippen molar-refractivity contribution in [3.05, 3.63) is 28.2 Å². The molecule has 0 atom stereocenters. The molecule has 1 heterocycles. The molecule has 1 aliphatic heterocycles. The molecule has 0 unspecified atom stereocenters. The van der Waals surface area contributed by atoms with Crippen molar-refractivity contribution < 1.29 is 9.53 Å². The van der Waals surface area contributed by atoms with Crippen molar-refractivity contribution in [3.63, 3.8) is 0 Å². The average molecular weight is 356 g/mol. The van der Waals surface area contributed by atoms with Crippen LogP contribution >= 0.6 is 15.9 Å². The van der Waals surface area contributed by atoms with E-state index in [9.17, 15) is 4.79 Å². The number of hydrogen-bond acceptors (Lipinski definition) is 4. The highest BCUT2D eigenvalue weighted by Gasteiger charge is 2.28. The monoisotopic (exact) mass is 355 g/mol. The normalized spacial score (nSPS) is 16.7. The molecule has 1 fully saturated rings. The molecule has 1 aliphatic rings. The third kappa shape index (κ3) is 4.18. The number of nitrogen functional groups attached to an aromatic ring is 1. The first-order valence-corrected chi connectivity index (χ1v) is 7.85. The highest BCUT2D eigenvalue weighted by molar-refractivity contribution is 9.10. The zero-order valence-electron chi connectivity index (χ0n) is 12.5. The number of ether oxygens (including phenoxy) is 1. The Kier molecular flexibility index (Phi) is 5.24. The predicted molar refractivity (Wildman–Crippen MR) is 87.4 cm³/mol. The fraction of sp³-hybridized carbons (Fsp3) is 0.533. The summed E-state index contributed by atoms with van der Waals surface area (Å²) in [6, 6.07) is 5.29. The van der Waals surface area contributed by atoms with Crippen molar-refractivity contribution >= 4 is 27.5 Å². The number of amides is 1. The summed E-state index contributed by atoms with van der Waals surface area (Å²) in [6.45, 7) is 8.11. The van der Waals surface area contributed by atoms with Crippen LogP contribution in [0.5, 0.6) is 0 Å². The Hall–Kier alpha value is -1.11. The fourth-order valence-electron chi connectivity index (χ4n) is 2.41. The number of nitrogens with two attached hydrogens (primary N) is 1. The van der Waals surface area contributed by atoms with Crippen LogP contribution < -0.4 is 11.1 Å². The highest BCUT2D eigenvalue weighted by atomic mass is 79.9. The summed E-state index contributed by atoms with van der Waals surface area (Å²) < 4.78 is 6.23. The summed E-state index contributed by atoms with van der Waals surface area (Å²) in [5.74, 6) is -0.138. The lowest BCUT2D eigenvalue weighted by Gasteiger charge is -2.40. The predicted octanol–water partition coefficient (Wildman–Crippen LogP) is 1.87. The molecule has 0 radical (unpaired) electrons. The molecule has 21 heavy (non-hydrogen) atoms. The smallest absolute Gasteiger partial charge is 0.253 e. The molecular weight excluding hydrogens is 334 g/mol. The minimum absolute atomic E-state index is 0.108. The summed E-state index contributed by atoms with van der Waals surface area (Å²) in [4.78, 5) is 14.6. The van der Waals surface area contributed by atoms with E-state index >= 15 is 0 Å². The molecule has 2 rings (SSSR count). The molecule has 0 spiro atoms. The molecule has 6 heteroatoms. The van der Waals surface area contributed by atoms with Gasteiger partial charge in [-0.05, 0) is 32.0 Å². The van der Waals surface area contributed by atoms with Gasteiger partial charge in [0.25, 0.3) is 5.91 Å². The highest BCUT2D eigenvalue weighted by Crippen LogP contribution is 2.19. The lowest BCUT2D eigenvalue weighted by Crippen LogP contribution is -2.55. The van der Waals surface area contributed by atoms with E-state index in [-0.39, 0.29) is 11.4 Å². The van der Waals surface area contributed by atoms with Crippen molar-refractivity contribution in [3.8, 4) is 0 Å². The van der Waals surface area contributed by atoms with Gasteiger partial charge in [-0.1, -0.05) is 15.9 Å². The molecule has 0 aliphatic carbocycles. The second kappa shape index (κ2) is 6.77. The van der Waals surface area contributed by atoms with Gasteiger partial charge in [0.05, 0.1) is 18.8 Å². The van der Waals surface area contributed by atoms with E-state index in [1.807, 2.05) is 6.07 Å². The Morgan fingerprint density at radius 2 is 2.10 bits per heavy atom. The van der Waals surface area contributed by atoms with Gasteiger partial charge < -0.3 is 15.8 Å². The maximum absolute atomic E-state index is 12.3. The van der Waals surface area contributed by atoms with Gasteiger partial charge in [0, 0.05) is 35.3 Å². The summed E-state index contributed by atoms with van der Waals surface area (Å²) >= 11 is 3.34. The minimum Gasteiger partial charge on any atom is -0.398 e. The first-order chi connectivity index (χ1) is 9.90. The third-order valence-corrected chi connectivity index (χ3v) is 4.30. The van der Waals surface area contributed by atoms with Crippen LogP contribution in [0.15, 0.2) is 22.7 Å². The summed E-state index contributed by atoms with van der Waals surface area (Å²) in [5, 5.41) is 2.98. The molecule has 1 aromatic carbocycles. The summed E-state index contributed by atoms with van der Waals surface area (Å²) in [5.41, 5.74) is 6.77. The second-order valence-corrected chi connectivity index (χ2v) is 6.74. The zero-order valence-corrected chi connectivity index (χ0v) is 14.1. The van der Waals surface area contributed by atoms with Crippen LogP contribution in [-0.2, 0) is 4.74 Å². The first-order valence-electron chi connectivity index (χ1n) is 7.06. The Balaban J connectivity index is 1.96. The van der Waals surface area contributed by atoms with Crippen LogP contribution in [0.2, 0.25) is 0 Å². The number of carbonyl (C=O) groups excluding carboxylic acids is 1. The first kappa shape index (κ1) is 16.3. The quantitative estimate of drug-likeness (QED) is 0.809. The number of rotatable bonds is 4. The molecule has 1 amide bonds. The fourth-order valence-corrected chi connectivity index (χ4v) is 2.79. The number of nitrogens with one attached hydrogen (secondary N) is 1. The Morgan fingerprint density at radius 3 is 2.71 bits per heavy atom. The van der Waals surface area contributed by atoms with E-state index in [0.717, 1.165) is 30.8 Å². The van der Waals surface area contributed by atoms with Gasteiger partial charge in [0.1, 0.15) is 0 Å². The van der Waals surface area contributed by atoms with E-state index < -0.39 is 0 Å². The average Bonchev–Trinajstić information content (AvgIpc) is 2.46. The van der Waals surface area contributed by atoms with E-state index in [0.29, 0.717) is 17.8 Å². The van der Waals surface area contributed by atoms with Crippen molar-refractivity contribution in [1.29, 1.82) is 0 Å². The zero-order chi connectivity index (χ0) is 15.5. The largest absolute Gasteiger partial charge is 0.398 e.